The normalized spacial score (nSPS) is 5.77. The molecule has 0 aromatic carbocycles. The third-order valence-electron chi connectivity index (χ3n) is 0. The van der Waals surface area contributed by atoms with Gasteiger partial charge in [0.1, 0.15) is 0 Å². The molecule has 0 amide bonds. The summed E-state index contributed by atoms with van der Waals surface area (Å²) in [5.41, 5.74) is 0. The zero-order valence-corrected chi connectivity index (χ0v) is 12.4. The summed E-state index contributed by atoms with van der Waals surface area (Å²) in [5, 5.41) is -0.750. The van der Waals surface area contributed by atoms with Crippen LogP contribution in [0.1, 0.15) is 20.8 Å². The zero-order valence-electron chi connectivity index (χ0n) is 7.40. The maximum Gasteiger partial charge on any atom is 3.00 e. The van der Waals surface area contributed by atoms with Crippen LogP contribution in [0.2, 0.25) is 0 Å². The molecule has 0 N–H and O–H groups in total. The molecule has 0 aliphatic heterocycles. The molecule has 2 radical (unpaired) electrons. The van der Waals surface area contributed by atoms with Gasteiger partial charge in [-0.3, -0.25) is 0 Å². The van der Waals surface area contributed by atoms with E-state index < -0.39 is 0 Å². The van der Waals surface area contributed by atoms with Crippen molar-refractivity contribution in [1.82, 2.24) is 0 Å². The Labute approximate surface area is 112 Å². The molecule has 0 saturated carbocycles. The van der Waals surface area contributed by atoms with Crippen LogP contribution in [0.3, 0.4) is 0 Å². The van der Waals surface area contributed by atoms with Gasteiger partial charge in [-0.15, -0.1) is 0 Å². The maximum atomic E-state index is 9.26. The quantitative estimate of drug-likeness (QED) is 0.449. The van der Waals surface area contributed by atoms with Crippen molar-refractivity contribution < 1.29 is 14.4 Å². The molecule has 0 bridgehead atoms. The van der Waals surface area contributed by atoms with Crippen molar-refractivity contribution in [2.24, 2.45) is 0 Å². The van der Waals surface area contributed by atoms with Crippen molar-refractivity contribution in [3.63, 3.8) is 0 Å². The van der Waals surface area contributed by atoms with Crippen LogP contribution in [0.5, 0.6) is 0 Å². The molecule has 0 aromatic heterocycles. The maximum absolute atomic E-state index is 9.26. The average molecular weight is 347 g/mol. The van der Waals surface area contributed by atoms with Gasteiger partial charge in [-0.2, -0.15) is 0 Å². The van der Waals surface area contributed by atoms with Gasteiger partial charge in [0.2, 0.25) is 0 Å². The molecular weight excluding hydrogens is 338 g/mol. The van der Waals surface area contributed by atoms with E-state index in [2.05, 4.69) is 37.9 Å². The molecular formula is C6H9O3S3Sb. The number of hydrogen-bond donors (Lipinski definition) is 0. The minimum absolute atomic E-state index is 0. The molecule has 0 fully saturated rings. The summed E-state index contributed by atoms with van der Waals surface area (Å²) in [6, 6.07) is 0. The Bertz CT molecular complexity index is 121. The minimum atomic E-state index is -0.250. The largest absolute Gasteiger partial charge is 3.00 e. The molecule has 0 aromatic rings. The van der Waals surface area contributed by atoms with Gasteiger partial charge in [-0.25, -0.2) is 0 Å². The molecule has 0 rings (SSSR count). The Hall–Kier alpha value is 0.488. The minimum Gasteiger partial charge on any atom is -0.742 e. The van der Waals surface area contributed by atoms with Crippen molar-refractivity contribution in [2.45, 2.75) is 20.8 Å². The van der Waals surface area contributed by atoms with E-state index in [0.717, 1.165) is 0 Å². The van der Waals surface area contributed by atoms with E-state index in [1.165, 1.54) is 20.8 Å². The van der Waals surface area contributed by atoms with E-state index in [4.69, 9.17) is 0 Å². The first-order valence-corrected chi connectivity index (χ1v) is 3.95. The average Bonchev–Trinajstić information content (AvgIpc) is 1.54. The van der Waals surface area contributed by atoms with Crippen molar-refractivity contribution in [1.29, 1.82) is 0 Å². The standard InChI is InChI=1S/3C2H4OS.Sb/c3*1-2(3)4;/h3*1H3,(H,3,4);/q;;;+3/p-3. The van der Waals surface area contributed by atoms with E-state index in [-0.39, 0.29) is 39.8 Å². The molecule has 74 valence electrons. The second-order valence-corrected chi connectivity index (χ2v) is 3.20. The Kier molecular flexibility index (Phi) is 32.9. The molecule has 7 heteroatoms. The fourth-order valence-electron chi connectivity index (χ4n) is 0. The molecule has 0 saturated heterocycles. The Morgan fingerprint density at radius 3 is 0.692 bits per heavy atom. The monoisotopic (exact) mass is 346 g/mol. The summed E-state index contributed by atoms with van der Waals surface area (Å²) in [5.74, 6) is 0. The predicted molar refractivity (Wildman–Crippen MR) is 59.9 cm³/mol. The first-order valence-electron chi connectivity index (χ1n) is 2.72. The molecule has 0 heterocycles. The Balaban J connectivity index is -0.0000000450. The number of carbonyl (C=O) groups is 3. The van der Waals surface area contributed by atoms with Crippen LogP contribution in [0.4, 0.5) is 0 Å². The van der Waals surface area contributed by atoms with Gasteiger partial charge in [0.05, 0.1) is 0 Å². The van der Waals surface area contributed by atoms with E-state index in [0.29, 0.717) is 0 Å². The van der Waals surface area contributed by atoms with Crippen LogP contribution in [0.15, 0.2) is 0 Å². The van der Waals surface area contributed by atoms with Gasteiger partial charge >= 0.3 is 24.4 Å². The van der Waals surface area contributed by atoms with E-state index >= 15 is 0 Å². The smallest absolute Gasteiger partial charge is 0.742 e. The fraction of sp³-hybridized carbons (Fsp3) is 0.500. The van der Waals surface area contributed by atoms with E-state index in [1.807, 2.05) is 0 Å². The summed E-state index contributed by atoms with van der Waals surface area (Å²) in [6.07, 6.45) is 0. The first-order chi connectivity index (χ1) is 5.20. The number of rotatable bonds is 0. The second kappa shape index (κ2) is 18.3. The van der Waals surface area contributed by atoms with E-state index in [1.54, 1.807) is 0 Å². The van der Waals surface area contributed by atoms with Gasteiger partial charge in [0, 0.05) is 15.3 Å². The molecule has 0 aliphatic carbocycles. The first kappa shape index (κ1) is 23.4. The summed E-state index contributed by atoms with van der Waals surface area (Å²) in [6.45, 7) is 4.03. The van der Waals surface area contributed by atoms with E-state index in [9.17, 15) is 14.4 Å². The van der Waals surface area contributed by atoms with Gasteiger partial charge in [0.15, 0.2) is 0 Å². The topological polar surface area (TPSA) is 51.2 Å². The second-order valence-electron chi connectivity index (χ2n) is 1.47. The van der Waals surface area contributed by atoms with Gasteiger partial charge in [-0.1, -0.05) is 0 Å². The summed E-state index contributed by atoms with van der Waals surface area (Å²) in [7, 11) is 0. The number of hydrogen-bond acceptors (Lipinski definition) is 6. The SMILES string of the molecule is CC(=O)[S-].CC(=O)[S-].CC(=O)[S-].[Sb+3]. The third-order valence-corrected chi connectivity index (χ3v) is 0. The molecule has 13 heavy (non-hydrogen) atoms. The zero-order chi connectivity index (χ0) is 10.7. The van der Waals surface area contributed by atoms with Crippen LogP contribution in [0.25, 0.3) is 0 Å². The molecule has 0 aliphatic rings. The Morgan fingerprint density at radius 2 is 0.692 bits per heavy atom. The van der Waals surface area contributed by atoms with Crippen LogP contribution in [0, 0.1) is 0 Å². The van der Waals surface area contributed by atoms with Crippen molar-refractivity contribution in [2.75, 3.05) is 0 Å². The molecule has 0 unspecified atom stereocenters. The van der Waals surface area contributed by atoms with Gasteiger partial charge in [0.25, 0.3) is 0 Å². The Morgan fingerprint density at radius 1 is 0.692 bits per heavy atom. The number of carbonyl (C=O) groups excluding carboxylic acids is 3. The third kappa shape index (κ3) is 5760. The van der Waals surface area contributed by atoms with Crippen LogP contribution in [-0.4, -0.2) is 39.8 Å². The predicted octanol–water partition coefficient (Wildman–Crippen LogP) is -0.141. The van der Waals surface area contributed by atoms with Crippen LogP contribution < -0.4 is 0 Å². The van der Waals surface area contributed by atoms with Crippen molar-refractivity contribution in [3.8, 4) is 0 Å². The molecule has 0 atom stereocenters. The van der Waals surface area contributed by atoms with Crippen molar-refractivity contribution >= 4 is 77.7 Å². The fourth-order valence-corrected chi connectivity index (χ4v) is 0. The van der Waals surface area contributed by atoms with Gasteiger partial charge < -0.3 is 52.3 Å². The van der Waals surface area contributed by atoms with Crippen LogP contribution >= 0.6 is 0 Å². The summed E-state index contributed by atoms with van der Waals surface area (Å²) in [4.78, 5) is 27.8. The molecule has 0 spiro atoms. The van der Waals surface area contributed by atoms with Crippen molar-refractivity contribution in [3.05, 3.63) is 0 Å². The van der Waals surface area contributed by atoms with Crippen LogP contribution in [-0.2, 0) is 52.3 Å². The summed E-state index contributed by atoms with van der Waals surface area (Å²) >= 11 is 11.9. The van der Waals surface area contributed by atoms with Gasteiger partial charge in [-0.05, 0) is 20.8 Å². The molecule has 3 nitrogen and oxygen atoms in total. The summed E-state index contributed by atoms with van der Waals surface area (Å²) < 4.78 is 0.